The molecule has 0 amide bonds. The van der Waals surface area contributed by atoms with Crippen LogP contribution in [0.3, 0.4) is 0 Å². The first kappa shape index (κ1) is 55.8. The van der Waals surface area contributed by atoms with Crippen LogP contribution in [-0.4, -0.2) is 11.7 Å². The molecule has 0 fully saturated rings. The van der Waals surface area contributed by atoms with Crippen LogP contribution >= 0.6 is 0 Å². The normalized spacial score (nSPS) is 15.5. The molecule has 0 saturated heterocycles. The van der Waals surface area contributed by atoms with E-state index in [0.29, 0.717) is 5.92 Å². The highest BCUT2D eigenvalue weighted by Crippen LogP contribution is 2.19. The first-order valence-corrected chi connectivity index (χ1v) is 23.6. The third-order valence-corrected chi connectivity index (χ3v) is 11.3. The highest BCUT2D eigenvalue weighted by Gasteiger charge is 1.99. The van der Waals surface area contributed by atoms with E-state index < -0.39 is 0 Å². The van der Waals surface area contributed by atoms with Gasteiger partial charge in [-0.2, -0.15) is 0 Å². The van der Waals surface area contributed by atoms with Crippen LogP contribution in [0.1, 0.15) is 212 Å². The van der Waals surface area contributed by atoms with Crippen LogP contribution in [0.2, 0.25) is 0 Å². The Morgan fingerprint density at radius 2 is 0.627 bits per heavy atom. The standard InChI is InChI=1S/C58H94O/c1-47(2)23-14-24-48(3)25-15-26-49(4)27-16-28-50(5)29-17-30-51(6)31-18-32-52(7)33-19-34-53(8)35-20-36-54(9)37-21-38-55(10)41-43-58(13)44-42-56(11)39-22-40-57(12)45-46-59/h22-23,25,27,29,31,33,35,37,39,41,44-45,56,59H,14-21,24,26,28,30,32,34,36,38,40,42-43,46H2,1-13H3/b39-22+,48-25+,49-27+,50-29+,51-31+,52-33+,53-35+,54-37+,55-41+,57-45+,58-44+. The fourth-order valence-electron chi connectivity index (χ4n) is 6.84. The van der Waals surface area contributed by atoms with Gasteiger partial charge in [0.05, 0.1) is 6.61 Å². The van der Waals surface area contributed by atoms with E-state index in [9.17, 15) is 0 Å². The zero-order valence-corrected chi connectivity index (χ0v) is 41.2. The number of rotatable bonds is 32. The molecule has 0 saturated carbocycles. The van der Waals surface area contributed by atoms with Gasteiger partial charge < -0.3 is 5.11 Å². The second kappa shape index (κ2) is 36.7. The van der Waals surface area contributed by atoms with Crippen LogP contribution in [0.15, 0.2) is 140 Å². The van der Waals surface area contributed by atoms with Crippen LogP contribution in [0.25, 0.3) is 0 Å². The zero-order valence-electron chi connectivity index (χ0n) is 41.2. The van der Waals surface area contributed by atoms with Crippen molar-refractivity contribution < 1.29 is 5.11 Å². The molecule has 1 nitrogen and oxygen atoms in total. The van der Waals surface area contributed by atoms with Gasteiger partial charge in [-0.15, -0.1) is 0 Å². The predicted molar refractivity (Wildman–Crippen MR) is 270 cm³/mol. The molecule has 0 aromatic carbocycles. The Hall–Kier alpha value is -3.16. The lowest BCUT2D eigenvalue weighted by Crippen LogP contribution is -1.88. The van der Waals surface area contributed by atoms with Crippen LogP contribution in [0, 0.1) is 5.92 Å². The van der Waals surface area contributed by atoms with Gasteiger partial charge in [-0.3, -0.25) is 0 Å². The van der Waals surface area contributed by atoms with Crippen molar-refractivity contribution in [1.29, 1.82) is 0 Å². The lowest BCUT2D eigenvalue weighted by Gasteiger charge is -2.05. The summed E-state index contributed by atoms with van der Waals surface area (Å²) in [5, 5.41) is 9.00. The number of hydrogen-bond acceptors (Lipinski definition) is 1. The van der Waals surface area contributed by atoms with Crippen molar-refractivity contribution >= 4 is 0 Å². The van der Waals surface area contributed by atoms with E-state index in [2.05, 4.69) is 163 Å². The van der Waals surface area contributed by atoms with Crippen LogP contribution in [0.5, 0.6) is 0 Å². The monoisotopic (exact) mass is 807 g/mol. The Labute approximate surface area is 368 Å². The fourth-order valence-corrected chi connectivity index (χ4v) is 6.84. The molecule has 59 heavy (non-hydrogen) atoms. The Bertz CT molecular complexity index is 1520. The maximum atomic E-state index is 9.00. The average molecular weight is 807 g/mol. The summed E-state index contributed by atoms with van der Waals surface area (Å²) in [5.74, 6) is 0.537. The zero-order chi connectivity index (χ0) is 44.3. The number of aliphatic hydroxyl groups is 1. The first-order valence-electron chi connectivity index (χ1n) is 23.6. The minimum absolute atomic E-state index is 0.130. The topological polar surface area (TPSA) is 20.2 Å². The van der Waals surface area contributed by atoms with Crippen molar-refractivity contribution in [3.05, 3.63) is 140 Å². The molecule has 0 bridgehead atoms. The summed E-state index contributed by atoms with van der Waals surface area (Å²) in [6.07, 6.45) is 52.4. The summed E-state index contributed by atoms with van der Waals surface area (Å²) < 4.78 is 0. The van der Waals surface area contributed by atoms with Crippen molar-refractivity contribution in [3.8, 4) is 0 Å². The molecule has 0 spiro atoms. The van der Waals surface area contributed by atoms with Gasteiger partial charge in [0.15, 0.2) is 0 Å². The van der Waals surface area contributed by atoms with E-state index in [1.54, 1.807) is 0 Å². The summed E-state index contributed by atoms with van der Waals surface area (Å²) in [7, 11) is 0. The highest BCUT2D eigenvalue weighted by atomic mass is 16.2. The minimum atomic E-state index is 0.130. The van der Waals surface area contributed by atoms with Gasteiger partial charge in [0.1, 0.15) is 0 Å². The first-order chi connectivity index (χ1) is 28.1. The van der Waals surface area contributed by atoms with E-state index in [0.717, 1.165) is 70.6 Å². The fraction of sp³-hybridized carbons (Fsp3) is 0.586. The third-order valence-electron chi connectivity index (χ3n) is 11.3. The molecule has 0 rings (SSSR count). The SMILES string of the molecule is CC(C)=CCC/C(C)=C/CC/C(C)=C/CC/C(C)=C/CC/C(C)=C/CC/C(C)=C/CC/C(C)=C/CC/C(C)=C/CC/C(C)=C/C/C(C)=C/CC(C)/C=C/C/C(C)=C/CO. The molecule has 0 aliphatic rings. The minimum Gasteiger partial charge on any atom is -0.392 e. The van der Waals surface area contributed by atoms with E-state index in [1.165, 1.54) is 113 Å². The quantitative estimate of drug-likeness (QED) is 0.0672. The molecule has 0 aromatic rings. The number of hydrogen-bond donors (Lipinski definition) is 1. The lowest BCUT2D eigenvalue weighted by molar-refractivity contribution is 0.341. The molecular weight excluding hydrogens is 713 g/mol. The summed E-state index contributed by atoms with van der Waals surface area (Å²) in [6, 6.07) is 0. The predicted octanol–water partition coefficient (Wildman–Crippen LogP) is 19.0. The van der Waals surface area contributed by atoms with Gasteiger partial charge >= 0.3 is 0 Å². The van der Waals surface area contributed by atoms with Crippen molar-refractivity contribution in [2.45, 2.75) is 212 Å². The van der Waals surface area contributed by atoms with Gasteiger partial charge in [-0.05, 0) is 211 Å². The van der Waals surface area contributed by atoms with Gasteiger partial charge in [0.2, 0.25) is 0 Å². The molecule has 1 atom stereocenters. The molecule has 0 aromatic heterocycles. The molecular formula is C58H94O. The largest absolute Gasteiger partial charge is 0.392 e. The number of allylic oxidation sites excluding steroid dienone is 23. The summed E-state index contributed by atoms with van der Waals surface area (Å²) in [5.41, 5.74) is 16.3. The molecule has 0 aliphatic carbocycles. The Kier molecular flexibility index (Phi) is 34.7. The van der Waals surface area contributed by atoms with Crippen molar-refractivity contribution in [2.75, 3.05) is 6.61 Å². The van der Waals surface area contributed by atoms with Crippen LogP contribution in [0.4, 0.5) is 0 Å². The van der Waals surface area contributed by atoms with Gasteiger partial charge in [-0.1, -0.05) is 147 Å². The molecule has 0 radical (unpaired) electrons. The smallest absolute Gasteiger partial charge is 0.0615 e. The van der Waals surface area contributed by atoms with Crippen molar-refractivity contribution in [1.82, 2.24) is 0 Å². The number of aliphatic hydroxyl groups excluding tert-OH is 1. The molecule has 0 aliphatic heterocycles. The van der Waals surface area contributed by atoms with Crippen LogP contribution in [-0.2, 0) is 0 Å². The maximum Gasteiger partial charge on any atom is 0.0615 e. The van der Waals surface area contributed by atoms with Gasteiger partial charge in [0.25, 0.3) is 0 Å². The molecule has 1 unspecified atom stereocenters. The third kappa shape index (κ3) is 37.6. The molecule has 0 heterocycles. The summed E-state index contributed by atoms with van der Waals surface area (Å²) in [6.45, 7) is 29.5. The second-order valence-electron chi connectivity index (χ2n) is 18.3. The Morgan fingerprint density at radius 1 is 0.339 bits per heavy atom. The second-order valence-corrected chi connectivity index (χ2v) is 18.3. The molecule has 332 valence electrons. The van der Waals surface area contributed by atoms with E-state index >= 15 is 0 Å². The molecule has 1 heteroatoms. The maximum absolute atomic E-state index is 9.00. The molecule has 1 N–H and O–H groups in total. The highest BCUT2D eigenvalue weighted by molar-refractivity contribution is 5.13. The van der Waals surface area contributed by atoms with E-state index in [4.69, 9.17) is 5.11 Å². The van der Waals surface area contributed by atoms with Crippen LogP contribution < -0.4 is 0 Å². The van der Waals surface area contributed by atoms with Gasteiger partial charge in [-0.25, -0.2) is 0 Å². The van der Waals surface area contributed by atoms with Gasteiger partial charge in [0, 0.05) is 0 Å². The average Bonchev–Trinajstić information content (AvgIpc) is 3.16. The van der Waals surface area contributed by atoms with E-state index in [1.807, 2.05) is 6.08 Å². The summed E-state index contributed by atoms with van der Waals surface area (Å²) in [4.78, 5) is 0. The van der Waals surface area contributed by atoms with E-state index in [-0.39, 0.29) is 6.61 Å². The Balaban J connectivity index is 4.32. The Morgan fingerprint density at radius 3 is 0.932 bits per heavy atom. The van der Waals surface area contributed by atoms with Crippen molar-refractivity contribution in [3.63, 3.8) is 0 Å². The van der Waals surface area contributed by atoms with Crippen molar-refractivity contribution in [2.24, 2.45) is 5.92 Å². The lowest BCUT2D eigenvalue weighted by atomic mass is 10.0. The summed E-state index contributed by atoms with van der Waals surface area (Å²) >= 11 is 0.